The molecule has 0 unspecified atom stereocenters. The lowest BCUT2D eigenvalue weighted by molar-refractivity contribution is -0.202. The van der Waals surface area contributed by atoms with Gasteiger partial charge in [0, 0.05) is 0 Å². The molecular weight excluding hydrogens is 399 g/mol. The van der Waals surface area contributed by atoms with Crippen molar-refractivity contribution in [2.75, 3.05) is 6.61 Å². The second-order valence-electron chi connectivity index (χ2n) is 6.84. The number of rotatable bonds is 4. The first-order chi connectivity index (χ1) is 12.8. The lowest BCUT2D eigenvalue weighted by atomic mass is 10.1. The summed E-state index contributed by atoms with van der Waals surface area (Å²) >= 11 is 11.1. The number of alkyl halides is 2. The third-order valence-corrected chi connectivity index (χ3v) is 4.87. The van der Waals surface area contributed by atoms with Crippen LogP contribution < -0.4 is 0 Å². The fourth-order valence-electron chi connectivity index (χ4n) is 3.40. The molecule has 0 saturated carbocycles. The van der Waals surface area contributed by atoms with Gasteiger partial charge in [0.1, 0.15) is 36.8 Å². The van der Waals surface area contributed by atoms with Crippen molar-refractivity contribution in [3.05, 3.63) is 18.3 Å². The van der Waals surface area contributed by atoms with Crippen molar-refractivity contribution in [3.63, 3.8) is 0 Å². The van der Waals surface area contributed by atoms with Crippen LogP contribution in [0.1, 0.15) is 25.8 Å². The molecule has 0 N–H and O–H groups in total. The largest absolute Gasteiger partial charge is 0.461 e. The number of carbonyl (C=O) groups is 1. The Bertz CT molecular complexity index is 874. The zero-order valence-electron chi connectivity index (χ0n) is 14.8. The Morgan fingerprint density at radius 1 is 1.30 bits per heavy atom. The summed E-state index contributed by atoms with van der Waals surface area (Å²) in [5.74, 6) is -1.54. The lowest BCUT2D eigenvalue weighted by Gasteiger charge is -2.24. The highest BCUT2D eigenvalue weighted by Crippen LogP contribution is 2.43. The Morgan fingerprint density at radius 3 is 2.78 bits per heavy atom. The molecule has 0 radical (unpaired) electrons. The maximum atomic E-state index is 11.6. The Balaban J connectivity index is 1.63. The number of ether oxygens (including phenoxy) is 4. The summed E-state index contributed by atoms with van der Waals surface area (Å²) in [7, 11) is 0. The minimum Gasteiger partial charge on any atom is -0.461 e. The van der Waals surface area contributed by atoms with Crippen molar-refractivity contribution in [2.45, 2.75) is 55.9 Å². The van der Waals surface area contributed by atoms with Crippen LogP contribution in [0, 0.1) is 6.92 Å². The van der Waals surface area contributed by atoms with E-state index in [9.17, 15) is 4.79 Å². The van der Waals surface area contributed by atoms with Crippen LogP contribution in [0.3, 0.4) is 0 Å². The van der Waals surface area contributed by atoms with E-state index in [0.29, 0.717) is 11.2 Å². The van der Waals surface area contributed by atoms with E-state index in [1.165, 1.54) is 6.33 Å². The number of hydrogen-bond acceptors (Lipinski definition) is 8. The summed E-state index contributed by atoms with van der Waals surface area (Å²) in [5.41, 5.74) is 2.06. The van der Waals surface area contributed by atoms with Crippen molar-refractivity contribution in [1.82, 2.24) is 19.5 Å². The minimum absolute atomic E-state index is 0.0630. The molecule has 2 aliphatic heterocycles. The molecule has 2 aliphatic rings. The number of nitrogens with zero attached hydrogens (tertiary/aromatic N) is 4. The number of aryl methyl sites for hydroxylation is 1. The predicted octanol–water partition coefficient (Wildman–Crippen LogP) is 1.90. The van der Waals surface area contributed by atoms with Crippen molar-refractivity contribution in [2.24, 2.45) is 0 Å². The lowest BCUT2D eigenvalue weighted by Crippen LogP contribution is -2.34. The Morgan fingerprint density at radius 2 is 2.04 bits per heavy atom. The van der Waals surface area contributed by atoms with Crippen LogP contribution in [0.5, 0.6) is 0 Å². The van der Waals surface area contributed by atoms with Crippen molar-refractivity contribution >= 4 is 40.3 Å². The van der Waals surface area contributed by atoms with E-state index in [-0.39, 0.29) is 6.61 Å². The fourth-order valence-corrected chi connectivity index (χ4v) is 3.53. The monoisotopic (exact) mass is 416 g/mol. The van der Waals surface area contributed by atoms with Gasteiger partial charge in [0.2, 0.25) is 4.84 Å². The number of carbonyl (C=O) groups excluding carboxylic acids is 1. The summed E-state index contributed by atoms with van der Waals surface area (Å²) in [6.45, 7) is 5.43. The van der Waals surface area contributed by atoms with Gasteiger partial charge >= 0.3 is 5.97 Å². The van der Waals surface area contributed by atoms with Crippen molar-refractivity contribution in [1.29, 1.82) is 0 Å². The SMILES string of the molecule is Cc1ncnc2c1ncn2[C@@H]1O[C@H](COC(=O)C(Cl)Cl)[C@H]2OC(C)(C)O[C@H]21. The first-order valence-electron chi connectivity index (χ1n) is 8.37. The summed E-state index contributed by atoms with van der Waals surface area (Å²) in [6, 6.07) is 0. The molecule has 0 bridgehead atoms. The Labute approximate surface area is 164 Å². The summed E-state index contributed by atoms with van der Waals surface area (Å²) in [5, 5.41) is 0. The Hall–Kier alpha value is -1.52. The predicted molar refractivity (Wildman–Crippen MR) is 94.2 cm³/mol. The van der Waals surface area contributed by atoms with E-state index < -0.39 is 41.1 Å². The maximum Gasteiger partial charge on any atom is 0.339 e. The Kier molecular flexibility index (Phi) is 4.76. The molecule has 27 heavy (non-hydrogen) atoms. The molecule has 4 heterocycles. The number of aromatic nitrogens is 4. The van der Waals surface area contributed by atoms with Crippen LogP contribution in [0.4, 0.5) is 0 Å². The van der Waals surface area contributed by atoms with Gasteiger partial charge in [-0.1, -0.05) is 23.2 Å². The van der Waals surface area contributed by atoms with Crippen molar-refractivity contribution in [3.8, 4) is 0 Å². The van der Waals surface area contributed by atoms with Gasteiger partial charge in [0.15, 0.2) is 17.7 Å². The van der Waals surface area contributed by atoms with Crippen LogP contribution >= 0.6 is 23.2 Å². The van der Waals surface area contributed by atoms with Gasteiger partial charge in [-0.3, -0.25) is 4.57 Å². The highest BCUT2D eigenvalue weighted by atomic mass is 35.5. The van der Waals surface area contributed by atoms with Gasteiger partial charge in [-0.25, -0.2) is 19.7 Å². The minimum atomic E-state index is -1.26. The fraction of sp³-hybridized carbons (Fsp3) is 0.625. The van der Waals surface area contributed by atoms with Gasteiger partial charge in [0.05, 0.1) is 12.0 Å². The number of halogens is 2. The third kappa shape index (κ3) is 3.38. The standard InChI is InChI=1S/C16H18Cl2N4O5/c1-7-9-13(20-5-19-7)22(6-21-9)14-11-10(26-16(2,3)27-11)8(25-14)4-24-15(23)12(17)18/h5-6,8,10-12,14H,4H2,1-3H3/t8-,10-,11-,14-/m1/s1. The molecule has 11 heteroatoms. The molecule has 0 aromatic carbocycles. The summed E-state index contributed by atoms with van der Waals surface area (Å²) in [6.07, 6.45) is 1.12. The smallest absolute Gasteiger partial charge is 0.339 e. The molecule has 2 saturated heterocycles. The van der Waals surface area contributed by atoms with Crippen LogP contribution in [0.25, 0.3) is 11.2 Å². The number of hydrogen-bond donors (Lipinski definition) is 0. The number of fused-ring (bicyclic) bond motifs is 2. The molecule has 146 valence electrons. The molecule has 9 nitrogen and oxygen atoms in total. The highest BCUT2D eigenvalue weighted by Gasteiger charge is 2.56. The van der Waals surface area contributed by atoms with E-state index in [1.54, 1.807) is 10.9 Å². The molecule has 0 amide bonds. The molecule has 2 aromatic rings. The number of imidazole rings is 1. The van der Waals surface area contributed by atoms with Gasteiger partial charge in [0.25, 0.3) is 0 Å². The van der Waals surface area contributed by atoms with Gasteiger partial charge in [-0.05, 0) is 20.8 Å². The van der Waals surface area contributed by atoms with Crippen LogP contribution in [-0.2, 0) is 23.7 Å². The molecule has 2 aromatic heterocycles. The van der Waals surface area contributed by atoms with Crippen LogP contribution in [-0.4, -0.2) is 61.0 Å². The van der Waals surface area contributed by atoms with Gasteiger partial charge in [-0.15, -0.1) is 0 Å². The summed E-state index contributed by atoms with van der Waals surface area (Å²) in [4.78, 5) is 23.2. The van der Waals surface area contributed by atoms with Gasteiger partial charge in [-0.2, -0.15) is 0 Å². The molecule has 0 aliphatic carbocycles. The highest BCUT2D eigenvalue weighted by molar-refractivity contribution is 6.52. The van der Waals surface area contributed by atoms with Crippen LogP contribution in [0.15, 0.2) is 12.7 Å². The number of esters is 1. The average molecular weight is 417 g/mol. The van der Waals surface area contributed by atoms with Crippen LogP contribution in [0.2, 0.25) is 0 Å². The maximum absolute atomic E-state index is 11.6. The molecular formula is C16H18Cl2N4O5. The van der Waals surface area contributed by atoms with E-state index in [2.05, 4.69) is 15.0 Å². The second-order valence-corrected chi connectivity index (χ2v) is 7.94. The zero-order valence-corrected chi connectivity index (χ0v) is 16.3. The van der Waals surface area contributed by atoms with E-state index in [1.807, 2.05) is 20.8 Å². The van der Waals surface area contributed by atoms with E-state index in [0.717, 1.165) is 5.69 Å². The molecule has 4 rings (SSSR count). The third-order valence-electron chi connectivity index (χ3n) is 4.51. The average Bonchev–Trinajstić information content (AvgIpc) is 3.24. The normalized spacial score (nSPS) is 29.4. The molecule has 2 fully saturated rings. The first kappa shape index (κ1) is 18.8. The molecule has 0 spiro atoms. The zero-order chi connectivity index (χ0) is 19.3. The van der Waals surface area contributed by atoms with E-state index in [4.69, 9.17) is 42.1 Å². The molecule has 4 atom stereocenters. The van der Waals surface area contributed by atoms with Gasteiger partial charge < -0.3 is 18.9 Å². The van der Waals surface area contributed by atoms with Crippen molar-refractivity contribution < 1.29 is 23.7 Å². The summed E-state index contributed by atoms with van der Waals surface area (Å²) < 4.78 is 25.0. The second kappa shape index (κ2) is 6.82. The first-order valence-corrected chi connectivity index (χ1v) is 9.24. The quantitative estimate of drug-likeness (QED) is 0.550. The topological polar surface area (TPSA) is 97.6 Å². The van der Waals surface area contributed by atoms with E-state index >= 15 is 0 Å².